The highest BCUT2D eigenvalue weighted by Gasteiger charge is 2.11. The third-order valence-electron chi connectivity index (χ3n) is 1.83. The normalized spacial score (nSPS) is 12.1. The number of hydrogen-bond donors (Lipinski definition) is 1. The number of amides is 1. The fraction of sp³-hybridized carbons (Fsp3) is 0.364. The van der Waals surface area contributed by atoms with Gasteiger partial charge in [-0.3, -0.25) is 4.79 Å². The van der Waals surface area contributed by atoms with Gasteiger partial charge in [0.05, 0.1) is 0 Å². The molecule has 0 radical (unpaired) electrons. The molecular weight excluding hydrogens is 178 g/mol. The number of nitrogens with one attached hydrogen (secondary N) is 1. The lowest BCUT2D eigenvalue weighted by molar-refractivity contribution is -0.126. The van der Waals surface area contributed by atoms with Crippen LogP contribution in [0.3, 0.4) is 0 Å². The van der Waals surface area contributed by atoms with E-state index in [4.69, 9.17) is 4.74 Å². The van der Waals surface area contributed by atoms with Crippen LogP contribution in [0.1, 0.15) is 13.8 Å². The molecule has 0 saturated heterocycles. The van der Waals surface area contributed by atoms with E-state index >= 15 is 0 Å². The van der Waals surface area contributed by atoms with E-state index in [1.807, 2.05) is 37.3 Å². The Hall–Kier alpha value is -1.35. The fourth-order valence-corrected chi connectivity index (χ4v) is 1.09. The molecule has 0 bridgehead atoms. The molecule has 76 valence electrons. The smallest absolute Gasteiger partial charge is 0.253 e. The van der Waals surface area contributed by atoms with E-state index in [9.17, 15) is 4.79 Å². The number of anilines is 1. The lowest BCUT2D eigenvalue weighted by atomic mass is 10.3. The summed E-state index contributed by atoms with van der Waals surface area (Å²) in [5.74, 6) is -0.113. The average molecular weight is 193 g/mol. The first-order valence-corrected chi connectivity index (χ1v) is 4.71. The molecule has 1 aromatic carbocycles. The third kappa shape index (κ3) is 3.18. The molecule has 0 heterocycles. The Labute approximate surface area is 84.1 Å². The van der Waals surface area contributed by atoms with Gasteiger partial charge in [0.15, 0.2) is 0 Å². The number of carbonyl (C=O) groups excluding carboxylic acids is 1. The number of rotatable bonds is 4. The molecular formula is C11H15NO2. The average Bonchev–Trinajstić information content (AvgIpc) is 2.19. The molecule has 0 spiro atoms. The van der Waals surface area contributed by atoms with Crippen molar-refractivity contribution in [3.63, 3.8) is 0 Å². The zero-order valence-electron chi connectivity index (χ0n) is 8.49. The predicted molar refractivity (Wildman–Crippen MR) is 56.2 cm³/mol. The minimum absolute atomic E-state index is 0.113. The molecule has 3 heteroatoms. The molecule has 0 aliphatic heterocycles. The van der Waals surface area contributed by atoms with Gasteiger partial charge in [0, 0.05) is 12.3 Å². The lowest BCUT2D eigenvalue weighted by Crippen LogP contribution is -2.27. The molecule has 0 aromatic heterocycles. The molecule has 1 amide bonds. The van der Waals surface area contributed by atoms with E-state index in [0.717, 1.165) is 5.69 Å². The Kier molecular flexibility index (Phi) is 4.13. The summed E-state index contributed by atoms with van der Waals surface area (Å²) in [5, 5.41) is 2.76. The summed E-state index contributed by atoms with van der Waals surface area (Å²) in [6.07, 6.45) is -0.403. The molecule has 0 aliphatic rings. The molecule has 0 saturated carbocycles. The highest BCUT2D eigenvalue weighted by atomic mass is 16.5. The van der Waals surface area contributed by atoms with Crippen LogP contribution >= 0.6 is 0 Å². The van der Waals surface area contributed by atoms with Crippen molar-refractivity contribution >= 4 is 11.6 Å². The maximum atomic E-state index is 11.5. The van der Waals surface area contributed by atoms with Crippen LogP contribution in [0.2, 0.25) is 0 Å². The van der Waals surface area contributed by atoms with Crippen molar-refractivity contribution in [2.45, 2.75) is 20.0 Å². The van der Waals surface area contributed by atoms with Gasteiger partial charge in [-0.25, -0.2) is 0 Å². The fourth-order valence-electron chi connectivity index (χ4n) is 1.09. The van der Waals surface area contributed by atoms with Gasteiger partial charge in [0.1, 0.15) is 6.10 Å². The summed E-state index contributed by atoms with van der Waals surface area (Å²) >= 11 is 0. The van der Waals surface area contributed by atoms with Gasteiger partial charge >= 0.3 is 0 Å². The van der Waals surface area contributed by atoms with Gasteiger partial charge in [-0.1, -0.05) is 18.2 Å². The van der Waals surface area contributed by atoms with E-state index in [2.05, 4.69) is 5.32 Å². The van der Waals surface area contributed by atoms with Gasteiger partial charge in [0.2, 0.25) is 0 Å². The number of benzene rings is 1. The van der Waals surface area contributed by atoms with Crippen LogP contribution in [0.15, 0.2) is 30.3 Å². The second kappa shape index (κ2) is 5.40. The van der Waals surface area contributed by atoms with Crippen LogP contribution < -0.4 is 5.32 Å². The third-order valence-corrected chi connectivity index (χ3v) is 1.83. The first-order chi connectivity index (χ1) is 6.74. The Morgan fingerprint density at radius 3 is 2.64 bits per heavy atom. The van der Waals surface area contributed by atoms with E-state index in [1.165, 1.54) is 0 Å². The second-order valence-electron chi connectivity index (χ2n) is 2.95. The molecule has 1 unspecified atom stereocenters. The zero-order chi connectivity index (χ0) is 10.4. The summed E-state index contributed by atoms with van der Waals surface area (Å²) in [4.78, 5) is 11.5. The number of ether oxygens (including phenoxy) is 1. The Bertz CT molecular complexity index is 285. The second-order valence-corrected chi connectivity index (χ2v) is 2.95. The first kappa shape index (κ1) is 10.7. The maximum Gasteiger partial charge on any atom is 0.253 e. The van der Waals surface area contributed by atoms with E-state index in [-0.39, 0.29) is 5.91 Å². The summed E-state index contributed by atoms with van der Waals surface area (Å²) in [6.45, 7) is 4.15. The molecule has 1 atom stereocenters. The van der Waals surface area contributed by atoms with Gasteiger partial charge in [-0.15, -0.1) is 0 Å². The Morgan fingerprint density at radius 1 is 1.43 bits per heavy atom. The Morgan fingerprint density at radius 2 is 2.07 bits per heavy atom. The van der Waals surface area contributed by atoms with Crippen molar-refractivity contribution in [2.24, 2.45) is 0 Å². The van der Waals surface area contributed by atoms with Crippen LogP contribution in [0.25, 0.3) is 0 Å². The summed E-state index contributed by atoms with van der Waals surface area (Å²) < 4.78 is 5.16. The van der Waals surface area contributed by atoms with Gasteiger partial charge in [-0.2, -0.15) is 0 Å². The van der Waals surface area contributed by atoms with Crippen molar-refractivity contribution in [3.8, 4) is 0 Å². The molecule has 1 N–H and O–H groups in total. The molecule has 1 aromatic rings. The van der Waals surface area contributed by atoms with E-state index < -0.39 is 6.10 Å². The minimum Gasteiger partial charge on any atom is -0.369 e. The summed E-state index contributed by atoms with van der Waals surface area (Å²) in [6, 6.07) is 9.34. The van der Waals surface area contributed by atoms with E-state index in [1.54, 1.807) is 6.92 Å². The van der Waals surface area contributed by atoms with Gasteiger partial charge < -0.3 is 10.1 Å². The van der Waals surface area contributed by atoms with Crippen molar-refractivity contribution in [1.82, 2.24) is 0 Å². The van der Waals surface area contributed by atoms with Crippen LogP contribution in [0.4, 0.5) is 5.69 Å². The SMILES string of the molecule is CCOC(C)C(=O)Nc1ccccc1. The van der Waals surface area contributed by atoms with E-state index in [0.29, 0.717) is 6.61 Å². The zero-order valence-corrected chi connectivity index (χ0v) is 8.49. The monoisotopic (exact) mass is 193 g/mol. The molecule has 3 nitrogen and oxygen atoms in total. The van der Waals surface area contributed by atoms with Crippen LogP contribution in [0.5, 0.6) is 0 Å². The van der Waals surface area contributed by atoms with Crippen LogP contribution in [0, 0.1) is 0 Å². The molecule has 0 aliphatic carbocycles. The van der Waals surface area contributed by atoms with Crippen molar-refractivity contribution in [3.05, 3.63) is 30.3 Å². The topological polar surface area (TPSA) is 38.3 Å². The largest absolute Gasteiger partial charge is 0.369 e. The van der Waals surface area contributed by atoms with Crippen molar-refractivity contribution in [1.29, 1.82) is 0 Å². The highest BCUT2D eigenvalue weighted by Crippen LogP contribution is 2.06. The predicted octanol–water partition coefficient (Wildman–Crippen LogP) is 2.05. The van der Waals surface area contributed by atoms with Crippen molar-refractivity contribution in [2.75, 3.05) is 11.9 Å². The quantitative estimate of drug-likeness (QED) is 0.794. The lowest BCUT2D eigenvalue weighted by Gasteiger charge is -2.11. The standard InChI is InChI=1S/C11H15NO2/c1-3-14-9(2)11(13)12-10-7-5-4-6-8-10/h4-9H,3H2,1-2H3,(H,12,13). The van der Waals surface area contributed by atoms with Crippen LogP contribution in [-0.2, 0) is 9.53 Å². The van der Waals surface area contributed by atoms with Crippen molar-refractivity contribution < 1.29 is 9.53 Å². The first-order valence-electron chi connectivity index (χ1n) is 4.71. The number of hydrogen-bond acceptors (Lipinski definition) is 2. The highest BCUT2D eigenvalue weighted by molar-refractivity contribution is 5.93. The van der Waals surface area contributed by atoms with Crippen LogP contribution in [-0.4, -0.2) is 18.6 Å². The number of carbonyl (C=O) groups is 1. The molecule has 14 heavy (non-hydrogen) atoms. The Balaban J connectivity index is 2.49. The summed E-state index contributed by atoms with van der Waals surface area (Å²) in [7, 11) is 0. The van der Waals surface area contributed by atoms with Gasteiger partial charge in [-0.05, 0) is 26.0 Å². The molecule has 0 fully saturated rings. The van der Waals surface area contributed by atoms with Gasteiger partial charge in [0.25, 0.3) is 5.91 Å². The maximum absolute atomic E-state index is 11.5. The molecule has 1 rings (SSSR count). The summed E-state index contributed by atoms with van der Waals surface area (Å²) in [5.41, 5.74) is 0.795. The minimum atomic E-state index is -0.403. The number of para-hydroxylation sites is 1.